The van der Waals surface area contributed by atoms with E-state index in [1.54, 1.807) is 17.2 Å². The summed E-state index contributed by atoms with van der Waals surface area (Å²) in [5.74, 6) is 0. The van der Waals surface area contributed by atoms with E-state index < -0.39 is 5.60 Å². The van der Waals surface area contributed by atoms with Crippen molar-refractivity contribution in [3.05, 3.63) is 28.7 Å². The van der Waals surface area contributed by atoms with Crippen molar-refractivity contribution >= 4 is 6.03 Å². The second-order valence-corrected chi connectivity index (χ2v) is 7.20. The van der Waals surface area contributed by atoms with Gasteiger partial charge in [0.05, 0.1) is 32.4 Å². The highest BCUT2D eigenvalue weighted by Gasteiger charge is 2.44. The van der Waals surface area contributed by atoms with Crippen LogP contribution >= 0.6 is 0 Å². The summed E-state index contributed by atoms with van der Waals surface area (Å²) in [4.78, 5) is 26.1. The van der Waals surface area contributed by atoms with Gasteiger partial charge in [-0.2, -0.15) is 5.10 Å². The van der Waals surface area contributed by atoms with E-state index in [-0.39, 0.29) is 17.7 Å². The molecule has 3 heterocycles. The number of hydrogen-bond acceptors (Lipinski definition) is 5. The molecule has 1 aliphatic carbocycles. The predicted octanol–water partition coefficient (Wildman–Crippen LogP) is 0.365. The number of amides is 2. The Morgan fingerprint density at radius 2 is 2.28 bits per heavy atom. The third-order valence-corrected chi connectivity index (χ3v) is 5.04. The fourth-order valence-corrected chi connectivity index (χ4v) is 3.54. The van der Waals surface area contributed by atoms with E-state index in [1.807, 2.05) is 0 Å². The maximum atomic E-state index is 12.4. The number of ether oxygens (including phenoxy) is 2. The number of urea groups is 1. The molecule has 0 radical (unpaired) electrons. The number of carbonyl (C=O) groups is 1. The summed E-state index contributed by atoms with van der Waals surface area (Å²) >= 11 is 0. The van der Waals surface area contributed by atoms with Crippen LogP contribution in [0, 0.1) is 0 Å². The zero-order valence-corrected chi connectivity index (χ0v) is 14.2. The fraction of sp³-hybridized carbons (Fsp3) is 0.706. The Bertz CT molecular complexity index is 689. The molecule has 3 aliphatic rings. The molecule has 4 rings (SSSR count). The summed E-state index contributed by atoms with van der Waals surface area (Å²) in [6.07, 6.45) is 5.28. The van der Waals surface area contributed by atoms with Crippen LogP contribution < -0.4 is 10.9 Å². The summed E-state index contributed by atoms with van der Waals surface area (Å²) in [6, 6.07) is 3.43. The van der Waals surface area contributed by atoms with Crippen LogP contribution in [0.25, 0.3) is 0 Å². The summed E-state index contributed by atoms with van der Waals surface area (Å²) in [5.41, 5.74) is -0.616. The van der Waals surface area contributed by atoms with Gasteiger partial charge in [-0.05, 0) is 31.7 Å². The van der Waals surface area contributed by atoms with Crippen LogP contribution in [0.3, 0.4) is 0 Å². The van der Waals surface area contributed by atoms with Crippen molar-refractivity contribution in [2.24, 2.45) is 0 Å². The molecular formula is C17H24N4O4. The maximum Gasteiger partial charge on any atom is 0.317 e. The molecule has 0 aromatic carbocycles. The molecule has 1 aromatic heterocycles. The lowest BCUT2D eigenvalue weighted by molar-refractivity contribution is -0.0878. The van der Waals surface area contributed by atoms with Gasteiger partial charge in [0.1, 0.15) is 5.60 Å². The van der Waals surface area contributed by atoms with Gasteiger partial charge >= 0.3 is 6.03 Å². The van der Waals surface area contributed by atoms with Crippen LogP contribution in [0.5, 0.6) is 0 Å². The van der Waals surface area contributed by atoms with E-state index >= 15 is 0 Å². The molecule has 3 fully saturated rings. The first kappa shape index (κ1) is 16.5. The van der Waals surface area contributed by atoms with Crippen LogP contribution in [0.15, 0.2) is 23.1 Å². The Morgan fingerprint density at radius 1 is 1.40 bits per heavy atom. The maximum absolute atomic E-state index is 12.4. The van der Waals surface area contributed by atoms with Crippen LogP contribution in [0.1, 0.15) is 25.7 Å². The third-order valence-electron chi connectivity index (χ3n) is 5.04. The van der Waals surface area contributed by atoms with Crippen molar-refractivity contribution in [1.82, 2.24) is 20.0 Å². The Hall–Kier alpha value is -1.93. The summed E-state index contributed by atoms with van der Waals surface area (Å²) < 4.78 is 13.4. The minimum atomic E-state index is -0.486. The Kier molecular flexibility index (Phi) is 4.47. The van der Waals surface area contributed by atoms with Gasteiger partial charge in [0, 0.05) is 24.8 Å². The monoisotopic (exact) mass is 348 g/mol. The second kappa shape index (κ2) is 6.76. The fourth-order valence-electron chi connectivity index (χ4n) is 3.54. The van der Waals surface area contributed by atoms with Crippen LogP contribution in [0.4, 0.5) is 4.79 Å². The topological polar surface area (TPSA) is 85.7 Å². The van der Waals surface area contributed by atoms with E-state index in [9.17, 15) is 9.59 Å². The highest BCUT2D eigenvalue weighted by molar-refractivity contribution is 5.75. The summed E-state index contributed by atoms with van der Waals surface area (Å²) in [5, 5.41) is 7.13. The van der Waals surface area contributed by atoms with Crippen LogP contribution in [-0.4, -0.2) is 64.8 Å². The molecule has 8 nitrogen and oxygen atoms in total. The number of rotatable bonds is 3. The molecule has 2 amide bonds. The van der Waals surface area contributed by atoms with Gasteiger partial charge in [0.25, 0.3) is 5.56 Å². The lowest BCUT2D eigenvalue weighted by atomic mass is 10.0. The molecule has 0 bridgehead atoms. The number of aromatic nitrogens is 2. The Morgan fingerprint density at radius 3 is 3.08 bits per heavy atom. The van der Waals surface area contributed by atoms with Gasteiger partial charge in [-0.1, -0.05) is 0 Å². The van der Waals surface area contributed by atoms with Crippen molar-refractivity contribution in [3.63, 3.8) is 0 Å². The number of nitrogens with zero attached hydrogens (tertiary/aromatic N) is 3. The highest BCUT2D eigenvalue weighted by Crippen LogP contribution is 2.33. The second-order valence-electron chi connectivity index (χ2n) is 7.20. The zero-order valence-electron chi connectivity index (χ0n) is 14.2. The molecule has 1 spiro atoms. The molecular weight excluding hydrogens is 324 g/mol. The van der Waals surface area contributed by atoms with E-state index in [4.69, 9.17) is 9.47 Å². The molecule has 1 saturated carbocycles. The molecule has 2 saturated heterocycles. The highest BCUT2D eigenvalue weighted by atomic mass is 16.6. The van der Waals surface area contributed by atoms with Gasteiger partial charge in [0.15, 0.2) is 0 Å². The summed E-state index contributed by atoms with van der Waals surface area (Å²) in [6.45, 7) is 2.53. The average molecular weight is 348 g/mol. The molecule has 0 unspecified atom stereocenters. The molecule has 136 valence electrons. The molecule has 2 atom stereocenters. The van der Waals surface area contributed by atoms with Gasteiger partial charge in [0.2, 0.25) is 0 Å². The van der Waals surface area contributed by atoms with Crippen LogP contribution in [0.2, 0.25) is 0 Å². The van der Waals surface area contributed by atoms with Gasteiger partial charge in [-0.25, -0.2) is 9.48 Å². The zero-order chi connectivity index (χ0) is 17.3. The SMILES string of the molecule is O=C(NC1CC1)N1CCOC[C@@]2(CC[C@H](Cn3ncccc3=O)O2)C1. The number of hydrogen-bond donors (Lipinski definition) is 1. The Labute approximate surface area is 146 Å². The smallest absolute Gasteiger partial charge is 0.317 e. The predicted molar refractivity (Wildman–Crippen MR) is 89.3 cm³/mol. The quantitative estimate of drug-likeness (QED) is 0.853. The van der Waals surface area contributed by atoms with Gasteiger partial charge in [-0.15, -0.1) is 0 Å². The average Bonchev–Trinajstić information content (AvgIpc) is 3.35. The Balaban J connectivity index is 1.41. The van der Waals surface area contributed by atoms with E-state index in [0.29, 0.717) is 38.9 Å². The standard InChI is InChI=1S/C17H24N4O4/c22-15-2-1-7-18-21(15)10-14-5-6-17(25-14)11-20(8-9-24-12-17)16(23)19-13-3-4-13/h1-2,7,13-14H,3-6,8-12H2,(H,19,23)/t14-,17-/m1/s1. The van der Waals surface area contributed by atoms with Crippen molar-refractivity contribution in [2.75, 3.05) is 26.3 Å². The lowest BCUT2D eigenvalue weighted by Gasteiger charge is -2.32. The van der Waals surface area contributed by atoms with Gasteiger partial charge in [-0.3, -0.25) is 4.79 Å². The molecule has 1 N–H and O–H groups in total. The van der Waals surface area contributed by atoms with Crippen molar-refractivity contribution in [3.8, 4) is 0 Å². The van der Waals surface area contributed by atoms with Crippen molar-refractivity contribution in [2.45, 2.75) is 50.0 Å². The first-order chi connectivity index (χ1) is 12.1. The molecule has 25 heavy (non-hydrogen) atoms. The van der Waals surface area contributed by atoms with Crippen molar-refractivity contribution < 1.29 is 14.3 Å². The van der Waals surface area contributed by atoms with E-state index in [1.165, 1.54) is 10.7 Å². The summed E-state index contributed by atoms with van der Waals surface area (Å²) in [7, 11) is 0. The molecule has 8 heteroatoms. The van der Waals surface area contributed by atoms with Gasteiger partial charge < -0.3 is 19.7 Å². The van der Waals surface area contributed by atoms with E-state index in [0.717, 1.165) is 25.7 Å². The normalized spacial score (nSPS) is 29.6. The number of nitrogens with one attached hydrogen (secondary N) is 1. The minimum absolute atomic E-state index is 0.0274. The molecule has 1 aromatic rings. The largest absolute Gasteiger partial charge is 0.377 e. The first-order valence-electron chi connectivity index (χ1n) is 8.97. The van der Waals surface area contributed by atoms with E-state index in [2.05, 4.69) is 10.4 Å². The number of carbonyl (C=O) groups excluding carboxylic acids is 1. The van der Waals surface area contributed by atoms with Crippen molar-refractivity contribution in [1.29, 1.82) is 0 Å². The minimum Gasteiger partial charge on any atom is -0.377 e. The molecule has 2 aliphatic heterocycles. The van der Waals surface area contributed by atoms with Crippen LogP contribution in [-0.2, 0) is 16.0 Å². The third kappa shape index (κ3) is 3.85. The first-order valence-corrected chi connectivity index (χ1v) is 8.97. The lowest BCUT2D eigenvalue weighted by Crippen LogP contribution is -2.50.